The lowest BCUT2D eigenvalue weighted by molar-refractivity contribution is -0.127. The molecule has 0 radical (unpaired) electrons. The van der Waals surface area contributed by atoms with Crippen molar-refractivity contribution in [1.82, 2.24) is 25.3 Å². The Bertz CT molecular complexity index is 603. The Morgan fingerprint density at radius 2 is 1.92 bits per heavy atom. The second kappa shape index (κ2) is 9.44. The fraction of sp³-hybridized carbons (Fsp3) is 0.722. The van der Waals surface area contributed by atoms with Gasteiger partial charge >= 0.3 is 0 Å². The third kappa shape index (κ3) is 6.76. The summed E-state index contributed by atoms with van der Waals surface area (Å²) in [5, 5.41) is 11.2. The van der Waals surface area contributed by atoms with Crippen LogP contribution < -0.4 is 10.6 Å². The first-order chi connectivity index (χ1) is 11.6. The van der Waals surface area contributed by atoms with Gasteiger partial charge in [-0.25, -0.2) is 4.99 Å². The predicted octanol–water partition coefficient (Wildman–Crippen LogP) is 1.25. The zero-order valence-electron chi connectivity index (χ0n) is 17.0. The zero-order chi connectivity index (χ0) is 19.1. The van der Waals surface area contributed by atoms with Gasteiger partial charge in [-0.2, -0.15) is 5.10 Å². The van der Waals surface area contributed by atoms with E-state index in [1.165, 1.54) is 11.3 Å². The fourth-order valence-corrected chi connectivity index (χ4v) is 2.44. The third-order valence-corrected chi connectivity index (χ3v) is 4.10. The first kappa shape index (κ1) is 21.0. The van der Waals surface area contributed by atoms with Crippen molar-refractivity contribution < 1.29 is 4.79 Å². The van der Waals surface area contributed by atoms with E-state index in [4.69, 9.17) is 0 Å². The molecule has 0 aliphatic carbocycles. The molecule has 0 bridgehead atoms. The molecule has 142 valence electrons. The summed E-state index contributed by atoms with van der Waals surface area (Å²) in [7, 11) is 5.44. The van der Waals surface area contributed by atoms with Gasteiger partial charge in [-0.1, -0.05) is 13.8 Å². The lowest BCUT2D eigenvalue weighted by Gasteiger charge is -2.20. The van der Waals surface area contributed by atoms with E-state index in [1.807, 2.05) is 18.7 Å². The quantitative estimate of drug-likeness (QED) is 0.573. The van der Waals surface area contributed by atoms with E-state index < -0.39 is 0 Å². The highest BCUT2D eigenvalue weighted by atomic mass is 16.2. The molecule has 7 nitrogen and oxygen atoms in total. The van der Waals surface area contributed by atoms with Crippen molar-refractivity contribution in [2.75, 3.05) is 27.2 Å². The smallest absolute Gasteiger partial charge is 0.243 e. The molecule has 1 unspecified atom stereocenters. The van der Waals surface area contributed by atoms with Gasteiger partial charge in [-0.05, 0) is 38.7 Å². The Hall–Kier alpha value is -2.05. The molecule has 1 aromatic heterocycles. The highest BCUT2D eigenvalue weighted by Crippen LogP contribution is 2.14. The van der Waals surface area contributed by atoms with Gasteiger partial charge in [0.05, 0.1) is 5.69 Å². The molecule has 0 fully saturated rings. The molecule has 1 heterocycles. The molecular weight excluding hydrogens is 316 g/mol. The maximum absolute atomic E-state index is 11.8. The number of hydrogen-bond acceptors (Lipinski definition) is 3. The molecule has 0 aliphatic rings. The summed E-state index contributed by atoms with van der Waals surface area (Å²) < 4.78 is 1.92. The normalized spacial score (nSPS) is 13.1. The van der Waals surface area contributed by atoms with E-state index in [2.05, 4.69) is 48.4 Å². The van der Waals surface area contributed by atoms with Gasteiger partial charge in [0.1, 0.15) is 6.54 Å². The second-order valence-corrected chi connectivity index (χ2v) is 7.25. The summed E-state index contributed by atoms with van der Waals surface area (Å²) in [5.41, 5.74) is 3.50. The summed E-state index contributed by atoms with van der Waals surface area (Å²) in [6, 6.07) is 0.175. The van der Waals surface area contributed by atoms with Crippen LogP contribution in [0.3, 0.4) is 0 Å². The highest BCUT2D eigenvalue weighted by molar-refractivity contribution is 5.84. The average Bonchev–Trinajstić information content (AvgIpc) is 2.75. The second-order valence-electron chi connectivity index (χ2n) is 7.25. The van der Waals surface area contributed by atoms with Crippen LogP contribution in [0.25, 0.3) is 0 Å². The monoisotopic (exact) mass is 350 g/mol. The molecule has 0 spiro atoms. The van der Waals surface area contributed by atoms with Crippen LogP contribution in [0, 0.1) is 19.8 Å². The van der Waals surface area contributed by atoms with Gasteiger partial charge in [0.2, 0.25) is 5.91 Å². The molecule has 0 aliphatic heterocycles. The first-order valence-electron chi connectivity index (χ1n) is 8.85. The predicted molar refractivity (Wildman–Crippen MR) is 103 cm³/mol. The standard InChI is InChI=1S/C18H34N6O/c1-12(2)10-19-18(20-11-17(25)23(6)7)21-13(3)9-16-14(4)22-24(8)15(16)5/h12-13H,9-11H2,1-8H3,(H2,19,20,21). The molecule has 0 saturated heterocycles. The largest absolute Gasteiger partial charge is 0.356 e. The molecule has 2 N–H and O–H groups in total. The van der Waals surface area contributed by atoms with Gasteiger partial charge in [-0.3, -0.25) is 9.48 Å². The van der Waals surface area contributed by atoms with E-state index in [0.29, 0.717) is 11.9 Å². The molecule has 1 aromatic rings. The van der Waals surface area contributed by atoms with Crippen molar-refractivity contribution in [3.05, 3.63) is 17.0 Å². The summed E-state index contributed by atoms with van der Waals surface area (Å²) in [5.74, 6) is 1.16. The number of nitrogens with one attached hydrogen (secondary N) is 2. The van der Waals surface area contributed by atoms with Crippen LogP contribution in [0.2, 0.25) is 0 Å². The molecule has 25 heavy (non-hydrogen) atoms. The Balaban J connectivity index is 2.77. The van der Waals surface area contributed by atoms with Crippen LogP contribution in [0.1, 0.15) is 37.7 Å². The Labute approximate surface area is 151 Å². The number of carbonyl (C=O) groups excluding carboxylic acids is 1. The number of likely N-dealkylation sites (N-methyl/N-ethyl adjacent to an activating group) is 1. The minimum absolute atomic E-state index is 0.0164. The maximum Gasteiger partial charge on any atom is 0.243 e. The number of aromatic nitrogens is 2. The Morgan fingerprint density at radius 3 is 2.40 bits per heavy atom. The number of carbonyl (C=O) groups is 1. The van der Waals surface area contributed by atoms with Gasteiger partial charge in [0, 0.05) is 39.4 Å². The van der Waals surface area contributed by atoms with Crippen LogP contribution in [0.5, 0.6) is 0 Å². The highest BCUT2D eigenvalue weighted by Gasteiger charge is 2.14. The summed E-state index contributed by atoms with van der Waals surface area (Å²) >= 11 is 0. The van der Waals surface area contributed by atoms with E-state index in [1.54, 1.807) is 19.0 Å². The molecule has 1 rings (SSSR count). The zero-order valence-corrected chi connectivity index (χ0v) is 17.0. The Kier molecular flexibility index (Phi) is 7.93. The van der Waals surface area contributed by atoms with Gasteiger partial charge < -0.3 is 15.5 Å². The van der Waals surface area contributed by atoms with Crippen LogP contribution in [0.4, 0.5) is 0 Å². The summed E-state index contributed by atoms with van der Waals surface area (Å²) in [6.45, 7) is 11.5. The van der Waals surface area contributed by atoms with Gasteiger partial charge in [-0.15, -0.1) is 0 Å². The third-order valence-electron chi connectivity index (χ3n) is 4.10. The van der Waals surface area contributed by atoms with Crippen molar-refractivity contribution in [3.8, 4) is 0 Å². The van der Waals surface area contributed by atoms with Crippen LogP contribution in [-0.4, -0.2) is 59.8 Å². The van der Waals surface area contributed by atoms with Crippen molar-refractivity contribution >= 4 is 11.9 Å². The summed E-state index contributed by atoms with van der Waals surface area (Å²) in [6.07, 6.45) is 0.857. The molecule has 1 amide bonds. The van der Waals surface area contributed by atoms with E-state index in [0.717, 1.165) is 18.7 Å². The molecule has 1 atom stereocenters. The van der Waals surface area contributed by atoms with Crippen LogP contribution >= 0.6 is 0 Å². The first-order valence-corrected chi connectivity index (χ1v) is 8.85. The van der Waals surface area contributed by atoms with E-state index >= 15 is 0 Å². The van der Waals surface area contributed by atoms with E-state index in [-0.39, 0.29) is 18.5 Å². The van der Waals surface area contributed by atoms with Gasteiger partial charge in [0.25, 0.3) is 0 Å². The van der Waals surface area contributed by atoms with Gasteiger partial charge in [0.15, 0.2) is 5.96 Å². The molecule has 7 heteroatoms. The number of aliphatic imine (C=N–C) groups is 1. The van der Waals surface area contributed by atoms with Crippen LogP contribution in [-0.2, 0) is 18.3 Å². The number of amides is 1. The lowest BCUT2D eigenvalue weighted by Crippen LogP contribution is -2.45. The number of rotatable bonds is 7. The molecule has 0 aromatic carbocycles. The number of hydrogen-bond donors (Lipinski definition) is 2. The maximum atomic E-state index is 11.8. The molecular formula is C18H34N6O. The number of nitrogens with zero attached hydrogens (tertiary/aromatic N) is 4. The number of guanidine groups is 1. The van der Waals surface area contributed by atoms with E-state index in [9.17, 15) is 4.79 Å². The average molecular weight is 351 g/mol. The topological polar surface area (TPSA) is 74.5 Å². The molecule has 0 saturated carbocycles. The lowest BCUT2D eigenvalue weighted by atomic mass is 10.1. The van der Waals surface area contributed by atoms with Crippen molar-refractivity contribution in [2.45, 2.75) is 47.1 Å². The minimum Gasteiger partial charge on any atom is -0.356 e. The van der Waals surface area contributed by atoms with Crippen molar-refractivity contribution in [1.29, 1.82) is 0 Å². The van der Waals surface area contributed by atoms with Crippen molar-refractivity contribution in [3.63, 3.8) is 0 Å². The minimum atomic E-state index is -0.0164. The number of aryl methyl sites for hydroxylation is 2. The Morgan fingerprint density at radius 1 is 1.28 bits per heavy atom. The summed E-state index contributed by atoms with van der Waals surface area (Å²) in [4.78, 5) is 17.8. The SMILES string of the molecule is Cc1nn(C)c(C)c1CC(C)NC(=NCC(=O)N(C)C)NCC(C)C. The van der Waals surface area contributed by atoms with Crippen LogP contribution in [0.15, 0.2) is 4.99 Å². The fourth-order valence-electron chi connectivity index (χ4n) is 2.44. The van der Waals surface area contributed by atoms with Crippen molar-refractivity contribution in [2.24, 2.45) is 18.0 Å².